The second-order valence-corrected chi connectivity index (χ2v) is 11.3. The number of nitrogens with one attached hydrogen (secondary N) is 2. The molecule has 0 atom stereocenters. The number of benzene rings is 1. The summed E-state index contributed by atoms with van der Waals surface area (Å²) in [6, 6.07) is 11.9. The molecule has 0 bridgehead atoms. The van der Waals surface area contributed by atoms with E-state index in [0.717, 1.165) is 31.5 Å². The maximum absolute atomic E-state index is 13.7. The standard InChI is InChI=1S/C28H32FN7O/c1-27(2,16-29)22-6-5-7-23(33-22)36-24-20(25(37)35(36)19-9-10-19)15-30-26(34-24)32-18-8-11-21-17(14-18)12-13-31-28(21,3)4/h5-8,11,14-15,19,31H,9-10,12-13,16H2,1-4H3,(H,30,32,34). The minimum atomic E-state index is -0.734. The molecular weight excluding hydrogens is 469 g/mol. The van der Waals surface area contributed by atoms with Crippen molar-refractivity contribution in [2.24, 2.45) is 0 Å². The summed E-state index contributed by atoms with van der Waals surface area (Å²) in [5, 5.41) is 7.33. The van der Waals surface area contributed by atoms with Crippen LogP contribution in [-0.2, 0) is 17.4 Å². The first-order valence-corrected chi connectivity index (χ1v) is 12.9. The minimum Gasteiger partial charge on any atom is -0.324 e. The molecule has 3 aromatic heterocycles. The molecule has 4 aromatic rings. The van der Waals surface area contributed by atoms with Crippen molar-refractivity contribution >= 4 is 22.7 Å². The molecule has 1 fully saturated rings. The van der Waals surface area contributed by atoms with E-state index < -0.39 is 12.1 Å². The molecule has 0 unspecified atom stereocenters. The quantitative estimate of drug-likeness (QED) is 0.399. The predicted molar refractivity (Wildman–Crippen MR) is 143 cm³/mol. The van der Waals surface area contributed by atoms with E-state index in [4.69, 9.17) is 9.97 Å². The second-order valence-electron chi connectivity index (χ2n) is 11.3. The maximum atomic E-state index is 13.7. The number of hydrogen-bond donors (Lipinski definition) is 2. The molecule has 0 saturated heterocycles. The maximum Gasteiger partial charge on any atom is 0.278 e. The molecule has 1 saturated carbocycles. The summed E-state index contributed by atoms with van der Waals surface area (Å²) in [6.45, 7) is 8.42. The largest absolute Gasteiger partial charge is 0.324 e. The summed E-state index contributed by atoms with van der Waals surface area (Å²) in [4.78, 5) is 27.4. The fourth-order valence-corrected chi connectivity index (χ4v) is 5.14. The first kappa shape index (κ1) is 23.8. The number of anilines is 2. The van der Waals surface area contributed by atoms with E-state index in [9.17, 15) is 9.18 Å². The van der Waals surface area contributed by atoms with Gasteiger partial charge in [-0.05, 0) is 75.0 Å². The Morgan fingerprint density at radius 2 is 2.00 bits per heavy atom. The van der Waals surface area contributed by atoms with Crippen LogP contribution in [0.15, 0.2) is 47.4 Å². The van der Waals surface area contributed by atoms with Gasteiger partial charge in [0.1, 0.15) is 12.1 Å². The van der Waals surface area contributed by atoms with E-state index in [2.05, 4.69) is 41.6 Å². The Morgan fingerprint density at radius 3 is 2.76 bits per heavy atom. The van der Waals surface area contributed by atoms with Crippen molar-refractivity contribution in [3.8, 4) is 5.82 Å². The van der Waals surface area contributed by atoms with Crippen LogP contribution in [-0.4, -0.2) is 37.5 Å². The van der Waals surface area contributed by atoms with Crippen molar-refractivity contribution in [3.63, 3.8) is 0 Å². The lowest BCUT2D eigenvalue weighted by Gasteiger charge is -2.34. The Kier molecular flexibility index (Phi) is 5.45. The van der Waals surface area contributed by atoms with Gasteiger partial charge >= 0.3 is 0 Å². The lowest BCUT2D eigenvalue weighted by Crippen LogP contribution is -2.42. The number of pyridine rings is 1. The molecule has 9 heteroatoms. The second kappa shape index (κ2) is 8.48. The highest BCUT2D eigenvalue weighted by Gasteiger charge is 2.32. The average molecular weight is 502 g/mol. The van der Waals surface area contributed by atoms with Crippen molar-refractivity contribution in [3.05, 3.63) is 69.8 Å². The number of hydrogen-bond acceptors (Lipinski definition) is 6. The summed E-state index contributed by atoms with van der Waals surface area (Å²) in [6.07, 6.45) is 4.38. The van der Waals surface area contributed by atoms with Gasteiger partial charge in [0.25, 0.3) is 5.56 Å². The third-order valence-corrected chi connectivity index (χ3v) is 7.49. The van der Waals surface area contributed by atoms with Crippen LogP contribution >= 0.6 is 0 Å². The normalized spacial score (nSPS) is 17.1. The van der Waals surface area contributed by atoms with E-state index >= 15 is 0 Å². The predicted octanol–water partition coefficient (Wildman–Crippen LogP) is 4.68. The van der Waals surface area contributed by atoms with Crippen LogP contribution in [0.2, 0.25) is 0 Å². The SMILES string of the molecule is CC(C)(CF)c1cccc(-n2c3nc(Nc4ccc5c(c4)CCNC5(C)C)ncc3c(=O)n2C2CC2)n1. The number of rotatable bonds is 6. The molecule has 4 heterocycles. The Hall–Kier alpha value is -3.59. The van der Waals surface area contributed by atoms with Gasteiger partial charge in [0, 0.05) is 22.8 Å². The van der Waals surface area contributed by atoms with E-state index in [1.807, 2.05) is 38.1 Å². The van der Waals surface area contributed by atoms with Crippen molar-refractivity contribution in [1.82, 2.24) is 29.6 Å². The molecule has 6 rings (SSSR count). The van der Waals surface area contributed by atoms with Gasteiger partial charge < -0.3 is 10.6 Å². The van der Waals surface area contributed by atoms with Gasteiger partial charge in [0.2, 0.25) is 5.95 Å². The van der Waals surface area contributed by atoms with Crippen molar-refractivity contribution in [2.75, 3.05) is 18.5 Å². The van der Waals surface area contributed by atoms with Gasteiger partial charge in [-0.1, -0.05) is 26.0 Å². The summed E-state index contributed by atoms with van der Waals surface area (Å²) in [7, 11) is 0. The third kappa shape index (κ3) is 4.11. The fourth-order valence-electron chi connectivity index (χ4n) is 5.14. The first-order valence-electron chi connectivity index (χ1n) is 12.9. The number of alkyl halides is 1. The van der Waals surface area contributed by atoms with E-state index in [1.54, 1.807) is 15.6 Å². The number of aromatic nitrogens is 5. The van der Waals surface area contributed by atoms with Gasteiger partial charge in [-0.3, -0.25) is 9.18 Å². The number of fused-ring (bicyclic) bond motifs is 2. The fraction of sp³-hybridized carbons (Fsp3) is 0.429. The highest BCUT2D eigenvalue weighted by Crippen LogP contribution is 2.36. The molecule has 192 valence electrons. The zero-order valence-electron chi connectivity index (χ0n) is 21.7. The number of nitrogens with zero attached hydrogens (tertiary/aromatic N) is 5. The van der Waals surface area contributed by atoms with Gasteiger partial charge in [-0.25, -0.2) is 19.3 Å². The summed E-state index contributed by atoms with van der Waals surface area (Å²) >= 11 is 0. The topological polar surface area (TPSA) is 89.7 Å². The van der Waals surface area contributed by atoms with Crippen molar-refractivity contribution in [2.45, 2.75) is 64.0 Å². The zero-order chi connectivity index (χ0) is 25.9. The molecule has 0 spiro atoms. The molecule has 37 heavy (non-hydrogen) atoms. The van der Waals surface area contributed by atoms with Gasteiger partial charge in [0.15, 0.2) is 11.5 Å². The highest BCUT2D eigenvalue weighted by molar-refractivity contribution is 5.77. The molecule has 0 radical (unpaired) electrons. The summed E-state index contributed by atoms with van der Waals surface area (Å²) < 4.78 is 17.2. The van der Waals surface area contributed by atoms with E-state index in [-0.39, 0.29) is 17.1 Å². The molecule has 8 nitrogen and oxygen atoms in total. The Labute approximate surface area is 214 Å². The number of halogens is 1. The van der Waals surface area contributed by atoms with E-state index in [0.29, 0.717) is 28.5 Å². The van der Waals surface area contributed by atoms with Crippen molar-refractivity contribution < 1.29 is 4.39 Å². The van der Waals surface area contributed by atoms with Crippen LogP contribution in [0, 0.1) is 0 Å². The molecule has 1 aromatic carbocycles. The van der Waals surface area contributed by atoms with Crippen LogP contribution in [0.3, 0.4) is 0 Å². The minimum absolute atomic E-state index is 0.0679. The monoisotopic (exact) mass is 501 g/mol. The van der Waals surface area contributed by atoms with Crippen LogP contribution in [0.5, 0.6) is 0 Å². The van der Waals surface area contributed by atoms with Gasteiger partial charge in [-0.2, -0.15) is 4.98 Å². The third-order valence-electron chi connectivity index (χ3n) is 7.49. The van der Waals surface area contributed by atoms with E-state index in [1.165, 1.54) is 11.1 Å². The smallest absolute Gasteiger partial charge is 0.278 e. The summed E-state index contributed by atoms with van der Waals surface area (Å²) in [5.41, 5.74) is 3.66. The first-order chi connectivity index (χ1) is 17.7. The highest BCUT2D eigenvalue weighted by atomic mass is 19.1. The summed E-state index contributed by atoms with van der Waals surface area (Å²) in [5.74, 6) is 0.953. The Balaban J connectivity index is 1.44. The lowest BCUT2D eigenvalue weighted by molar-refractivity contribution is 0.344. The van der Waals surface area contributed by atoms with Crippen LogP contribution in [0.1, 0.15) is 63.4 Å². The van der Waals surface area contributed by atoms with Gasteiger partial charge in [0.05, 0.1) is 11.7 Å². The average Bonchev–Trinajstić information content (AvgIpc) is 3.67. The molecule has 2 N–H and O–H groups in total. The molecule has 1 aliphatic heterocycles. The zero-order valence-corrected chi connectivity index (χ0v) is 21.7. The molecular formula is C28H32FN7O. The van der Waals surface area contributed by atoms with Gasteiger partial charge in [-0.15, -0.1) is 0 Å². The van der Waals surface area contributed by atoms with Crippen LogP contribution < -0.4 is 16.2 Å². The molecule has 2 aliphatic rings. The Morgan fingerprint density at radius 1 is 1.19 bits per heavy atom. The lowest BCUT2D eigenvalue weighted by atomic mass is 9.85. The van der Waals surface area contributed by atoms with Crippen LogP contribution in [0.25, 0.3) is 16.9 Å². The molecule has 1 aliphatic carbocycles. The Bertz CT molecular complexity index is 1560. The molecule has 0 amide bonds. The van der Waals surface area contributed by atoms with Crippen molar-refractivity contribution in [1.29, 1.82) is 0 Å². The van der Waals surface area contributed by atoms with Crippen LogP contribution in [0.4, 0.5) is 16.0 Å².